The van der Waals surface area contributed by atoms with Gasteiger partial charge in [0.05, 0.1) is 11.5 Å². The summed E-state index contributed by atoms with van der Waals surface area (Å²) in [6.07, 6.45) is 2.25. The Bertz CT molecular complexity index is 568. The molecule has 23 heavy (non-hydrogen) atoms. The highest BCUT2D eigenvalue weighted by molar-refractivity contribution is 5.68. The zero-order valence-electron chi connectivity index (χ0n) is 13.6. The second-order valence-electron chi connectivity index (χ2n) is 6.62. The zero-order chi connectivity index (χ0) is 17.0. The molecule has 1 fully saturated rings. The SMILES string of the molecule is CC(C)(C)NC(=O)OC1CCCN(c2ccc([N+](=O)[O-])cn2)C1. The molecule has 2 rings (SSSR count). The number of amides is 1. The van der Waals surface area contributed by atoms with E-state index in [0.29, 0.717) is 12.4 Å². The average molecular weight is 322 g/mol. The van der Waals surface area contributed by atoms with Crippen LogP contribution in [-0.2, 0) is 4.74 Å². The first-order valence-electron chi connectivity index (χ1n) is 7.59. The predicted octanol–water partition coefficient (Wildman–Crippen LogP) is 2.48. The Morgan fingerprint density at radius 2 is 2.22 bits per heavy atom. The normalized spacial score (nSPS) is 18.4. The number of rotatable bonds is 3. The lowest BCUT2D eigenvalue weighted by Gasteiger charge is -2.33. The molecule has 8 nitrogen and oxygen atoms in total. The van der Waals surface area contributed by atoms with Crippen LogP contribution >= 0.6 is 0 Å². The van der Waals surface area contributed by atoms with E-state index in [0.717, 1.165) is 19.4 Å². The molecular formula is C15H22N4O4. The Morgan fingerprint density at radius 3 is 2.78 bits per heavy atom. The number of carbonyl (C=O) groups excluding carboxylic acids is 1. The van der Waals surface area contributed by atoms with Crippen molar-refractivity contribution in [1.82, 2.24) is 10.3 Å². The molecule has 0 aliphatic carbocycles. The van der Waals surface area contributed by atoms with E-state index in [4.69, 9.17) is 4.74 Å². The molecular weight excluding hydrogens is 300 g/mol. The van der Waals surface area contributed by atoms with Gasteiger partial charge in [-0.05, 0) is 39.7 Å². The minimum atomic E-state index is -0.476. The summed E-state index contributed by atoms with van der Waals surface area (Å²) in [5.41, 5.74) is -0.381. The van der Waals surface area contributed by atoms with E-state index in [1.54, 1.807) is 6.07 Å². The number of aromatic nitrogens is 1. The fourth-order valence-corrected chi connectivity index (χ4v) is 2.40. The first-order valence-corrected chi connectivity index (χ1v) is 7.59. The van der Waals surface area contributed by atoms with Crippen LogP contribution in [0.3, 0.4) is 0 Å². The van der Waals surface area contributed by atoms with Crippen molar-refractivity contribution in [2.24, 2.45) is 0 Å². The molecule has 1 unspecified atom stereocenters. The van der Waals surface area contributed by atoms with Crippen LogP contribution in [0.4, 0.5) is 16.3 Å². The van der Waals surface area contributed by atoms with Crippen LogP contribution in [-0.4, -0.2) is 40.7 Å². The number of hydrogen-bond acceptors (Lipinski definition) is 6. The van der Waals surface area contributed by atoms with Crippen molar-refractivity contribution < 1.29 is 14.5 Å². The number of nitrogens with zero attached hydrogens (tertiary/aromatic N) is 3. The van der Waals surface area contributed by atoms with E-state index in [9.17, 15) is 14.9 Å². The van der Waals surface area contributed by atoms with Crippen molar-refractivity contribution in [3.63, 3.8) is 0 Å². The van der Waals surface area contributed by atoms with Crippen LogP contribution in [0.5, 0.6) is 0 Å². The molecule has 0 bridgehead atoms. The van der Waals surface area contributed by atoms with Crippen molar-refractivity contribution in [3.8, 4) is 0 Å². The zero-order valence-corrected chi connectivity index (χ0v) is 13.6. The first kappa shape index (κ1) is 17.0. The third kappa shape index (κ3) is 5.08. The van der Waals surface area contributed by atoms with Crippen LogP contribution in [0.25, 0.3) is 0 Å². The molecule has 0 aromatic carbocycles. The summed E-state index contributed by atoms with van der Waals surface area (Å²) in [7, 11) is 0. The van der Waals surface area contributed by atoms with Gasteiger partial charge in [0.25, 0.3) is 5.69 Å². The Hall–Kier alpha value is -2.38. The number of anilines is 1. The maximum atomic E-state index is 11.8. The molecule has 1 saturated heterocycles. The Labute approximate surface area is 135 Å². The number of nitro groups is 1. The maximum Gasteiger partial charge on any atom is 0.407 e. The van der Waals surface area contributed by atoms with Gasteiger partial charge in [-0.3, -0.25) is 10.1 Å². The van der Waals surface area contributed by atoms with Crippen molar-refractivity contribution in [1.29, 1.82) is 0 Å². The van der Waals surface area contributed by atoms with Crippen molar-refractivity contribution in [2.45, 2.75) is 45.3 Å². The highest BCUT2D eigenvalue weighted by Crippen LogP contribution is 2.21. The van der Waals surface area contributed by atoms with Gasteiger partial charge in [-0.2, -0.15) is 0 Å². The number of piperidine rings is 1. The maximum absolute atomic E-state index is 11.8. The van der Waals surface area contributed by atoms with E-state index in [-0.39, 0.29) is 17.3 Å². The third-order valence-electron chi connectivity index (χ3n) is 3.40. The number of hydrogen-bond donors (Lipinski definition) is 1. The van der Waals surface area contributed by atoms with Gasteiger partial charge in [0.1, 0.15) is 18.1 Å². The van der Waals surface area contributed by atoms with Gasteiger partial charge in [-0.1, -0.05) is 0 Å². The van der Waals surface area contributed by atoms with Gasteiger partial charge in [0, 0.05) is 18.2 Å². The van der Waals surface area contributed by atoms with E-state index in [1.165, 1.54) is 12.3 Å². The Morgan fingerprint density at radius 1 is 1.48 bits per heavy atom. The van der Waals surface area contributed by atoms with Gasteiger partial charge >= 0.3 is 6.09 Å². The minimum absolute atomic E-state index is 0.0388. The second-order valence-corrected chi connectivity index (χ2v) is 6.62. The van der Waals surface area contributed by atoms with Gasteiger partial charge in [0.15, 0.2) is 0 Å². The van der Waals surface area contributed by atoms with Crippen LogP contribution in [0, 0.1) is 10.1 Å². The molecule has 2 heterocycles. The van der Waals surface area contributed by atoms with Crippen molar-refractivity contribution in [3.05, 3.63) is 28.4 Å². The van der Waals surface area contributed by atoms with Crippen LogP contribution in [0.1, 0.15) is 33.6 Å². The monoisotopic (exact) mass is 322 g/mol. The van der Waals surface area contributed by atoms with Gasteiger partial charge in [0.2, 0.25) is 0 Å². The third-order valence-corrected chi connectivity index (χ3v) is 3.40. The van der Waals surface area contributed by atoms with Crippen LogP contribution in [0.15, 0.2) is 18.3 Å². The summed E-state index contributed by atoms with van der Waals surface area (Å²) >= 11 is 0. The largest absolute Gasteiger partial charge is 0.444 e. The highest BCUT2D eigenvalue weighted by atomic mass is 16.6. The standard InChI is InChI=1S/C15H22N4O4/c1-15(2,3)17-14(20)23-12-5-4-8-18(10-12)13-7-6-11(9-16-13)19(21)22/h6-7,9,12H,4-5,8,10H2,1-3H3,(H,17,20). The van der Waals surface area contributed by atoms with Crippen molar-refractivity contribution >= 4 is 17.6 Å². The highest BCUT2D eigenvalue weighted by Gasteiger charge is 2.25. The number of nitrogens with one attached hydrogen (secondary N) is 1. The molecule has 126 valence electrons. The fourth-order valence-electron chi connectivity index (χ4n) is 2.40. The van der Waals surface area contributed by atoms with E-state index < -0.39 is 11.0 Å². The molecule has 1 aromatic heterocycles. The van der Waals surface area contributed by atoms with Crippen molar-refractivity contribution in [2.75, 3.05) is 18.0 Å². The first-order chi connectivity index (χ1) is 10.7. The predicted molar refractivity (Wildman–Crippen MR) is 85.5 cm³/mol. The molecule has 1 aliphatic heterocycles. The second kappa shape index (κ2) is 6.80. The summed E-state index contributed by atoms with van der Waals surface area (Å²) in [5.74, 6) is 0.653. The quantitative estimate of drug-likeness (QED) is 0.678. The summed E-state index contributed by atoms with van der Waals surface area (Å²) in [5, 5.41) is 13.4. The number of alkyl carbamates (subject to hydrolysis) is 1. The van der Waals surface area contributed by atoms with Gasteiger partial charge in [-0.25, -0.2) is 9.78 Å². The summed E-state index contributed by atoms with van der Waals surface area (Å²) in [6.45, 7) is 6.99. The number of pyridine rings is 1. The molecule has 0 spiro atoms. The number of carbonyl (C=O) groups is 1. The molecule has 8 heteroatoms. The Balaban J connectivity index is 1.95. The lowest BCUT2D eigenvalue weighted by atomic mass is 10.1. The smallest absolute Gasteiger partial charge is 0.407 e. The van der Waals surface area contributed by atoms with Gasteiger partial charge in [-0.15, -0.1) is 0 Å². The average Bonchev–Trinajstić information content (AvgIpc) is 2.45. The topological polar surface area (TPSA) is 97.6 Å². The fraction of sp³-hybridized carbons (Fsp3) is 0.600. The molecule has 0 radical (unpaired) electrons. The number of ether oxygens (including phenoxy) is 1. The molecule has 1 aromatic rings. The minimum Gasteiger partial charge on any atom is -0.444 e. The van der Waals surface area contributed by atoms with Crippen LogP contribution < -0.4 is 10.2 Å². The van der Waals surface area contributed by atoms with E-state index >= 15 is 0 Å². The molecule has 1 N–H and O–H groups in total. The van der Waals surface area contributed by atoms with Crippen LogP contribution in [0.2, 0.25) is 0 Å². The lowest BCUT2D eigenvalue weighted by molar-refractivity contribution is -0.385. The summed E-state index contributed by atoms with van der Waals surface area (Å²) in [6, 6.07) is 3.05. The summed E-state index contributed by atoms with van der Waals surface area (Å²) < 4.78 is 5.45. The van der Waals surface area contributed by atoms with E-state index in [1.807, 2.05) is 25.7 Å². The Kier molecular flexibility index (Phi) is 5.02. The molecule has 1 atom stereocenters. The van der Waals surface area contributed by atoms with Gasteiger partial charge < -0.3 is 15.0 Å². The summed E-state index contributed by atoms with van der Waals surface area (Å²) in [4.78, 5) is 28.1. The van der Waals surface area contributed by atoms with E-state index in [2.05, 4.69) is 10.3 Å². The molecule has 0 saturated carbocycles. The molecule has 1 amide bonds. The molecule has 1 aliphatic rings. The lowest BCUT2D eigenvalue weighted by Crippen LogP contribution is -2.46.